The van der Waals surface area contributed by atoms with Crippen molar-refractivity contribution < 1.29 is 4.39 Å². The maximum absolute atomic E-state index is 13.3. The van der Waals surface area contributed by atoms with Crippen LogP contribution in [0.5, 0.6) is 0 Å². The lowest BCUT2D eigenvalue weighted by Gasteiger charge is -2.14. The van der Waals surface area contributed by atoms with Gasteiger partial charge in [-0.1, -0.05) is 18.2 Å². The predicted molar refractivity (Wildman–Crippen MR) is 58.9 cm³/mol. The van der Waals surface area contributed by atoms with Crippen LogP contribution < -0.4 is 5.73 Å². The quantitative estimate of drug-likeness (QED) is 0.810. The fourth-order valence-corrected chi connectivity index (χ4v) is 3.12. The Bertz CT molecular complexity index is 316. The third kappa shape index (κ3) is 2.10. The van der Waals surface area contributed by atoms with Crippen LogP contribution in [0.15, 0.2) is 24.3 Å². The lowest BCUT2D eigenvalue weighted by molar-refractivity contribution is 0.498. The van der Waals surface area contributed by atoms with E-state index in [1.807, 2.05) is 23.9 Å². The Balaban J connectivity index is 2.07. The molecule has 14 heavy (non-hydrogen) atoms. The van der Waals surface area contributed by atoms with E-state index in [4.69, 9.17) is 5.73 Å². The summed E-state index contributed by atoms with van der Waals surface area (Å²) in [7, 11) is 0. The Morgan fingerprint density at radius 2 is 2.14 bits per heavy atom. The average molecular weight is 211 g/mol. The first kappa shape index (κ1) is 9.99. The molecule has 0 amide bonds. The van der Waals surface area contributed by atoms with Gasteiger partial charge < -0.3 is 5.73 Å². The fourth-order valence-electron chi connectivity index (χ4n) is 1.77. The van der Waals surface area contributed by atoms with Gasteiger partial charge in [-0.25, -0.2) is 4.39 Å². The maximum Gasteiger partial charge on any atom is 0.126 e. The molecular formula is C11H14FNS. The summed E-state index contributed by atoms with van der Waals surface area (Å²) in [6, 6.07) is 7.21. The van der Waals surface area contributed by atoms with Crippen LogP contribution in [-0.2, 0) is 6.42 Å². The molecule has 1 fully saturated rings. The van der Waals surface area contributed by atoms with Crippen LogP contribution in [0.3, 0.4) is 0 Å². The van der Waals surface area contributed by atoms with E-state index in [2.05, 4.69) is 0 Å². The summed E-state index contributed by atoms with van der Waals surface area (Å²) in [5.74, 6) is 2.42. The van der Waals surface area contributed by atoms with Crippen LogP contribution >= 0.6 is 11.8 Å². The third-order valence-corrected chi connectivity index (χ3v) is 3.97. The largest absolute Gasteiger partial charge is 0.327 e. The number of nitrogens with two attached hydrogens (primary N) is 1. The van der Waals surface area contributed by atoms with Crippen LogP contribution in [0.2, 0.25) is 0 Å². The number of thioether (sulfide) groups is 1. The molecule has 76 valence electrons. The van der Waals surface area contributed by atoms with Gasteiger partial charge in [0.2, 0.25) is 0 Å². The average Bonchev–Trinajstić information content (AvgIpc) is 2.56. The van der Waals surface area contributed by atoms with Crippen molar-refractivity contribution in [3.63, 3.8) is 0 Å². The maximum atomic E-state index is 13.3. The van der Waals surface area contributed by atoms with E-state index in [9.17, 15) is 4.39 Å². The van der Waals surface area contributed by atoms with Gasteiger partial charge in [0.25, 0.3) is 0 Å². The second kappa shape index (κ2) is 4.32. The first-order chi connectivity index (χ1) is 6.77. The molecule has 1 aromatic rings. The van der Waals surface area contributed by atoms with Crippen molar-refractivity contribution >= 4 is 11.8 Å². The van der Waals surface area contributed by atoms with Gasteiger partial charge in [0, 0.05) is 11.8 Å². The monoisotopic (exact) mass is 211 g/mol. The van der Waals surface area contributed by atoms with Crippen LogP contribution in [0.4, 0.5) is 4.39 Å². The van der Waals surface area contributed by atoms with E-state index in [0.717, 1.165) is 23.5 Å². The zero-order chi connectivity index (χ0) is 9.97. The molecule has 1 aliphatic heterocycles. The molecule has 1 saturated heterocycles. The Labute approximate surface area is 87.9 Å². The predicted octanol–water partition coefficient (Wildman–Crippen LogP) is 2.06. The lowest BCUT2D eigenvalue weighted by Crippen LogP contribution is -2.29. The van der Waals surface area contributed by atoms with Crippen molar-refractivity contribution in [1.82, 2.24) is 0 Å². The summed E-state index contributed by atoms with van der Waals surface area (Å²) in [5.41, 5.74) is 6.73. The standard InChI is InChI=1S/C11H14FNS/c12-10-4-2-1-3-8(10)5-9-6-14-7-11(9)13/h1-4,9,11H,5-7,13H2. The van der Waals surface area contributed by atoms with Gasteiger partial charge in [-0.3, -0.25) is 0 Å². The topological polar surface area (TPSA) is 26.0 Å². The zero-order valence-corrected chi connectivity index (χ0v) is 8.77. The molecule has 1 heterocycles. The van der Waals surface area contributed by atoms with Crippen molar-refractivity contribution in [3.05, 3.63) is 35.6 Å². The molecule has 0 saturated carbocycles. The molecule has 0 spiro atoms. The molecule has 2 N–H and O–H groups in total. The minimum absolute atomic E-state index is 0.100. The van der Waals surface area contributed by atoms with E-state index >= 15 is 0 Å². The zero-order valence-electron chi connectivity index (χ0n) is 7.95. The molecule has 2 atom stereocenters. The Morgan fingerprint density at radius 1 is 1.36 bits per heavy atom. The van der Waals surface area contributed by atoms with E-state index < -0.39 is 0 Å². The van der Waals surface area contributed by atoms with Gasteiger partial charge in [0.1, 0.15) is 5.82 Å². The van der Waals surface area contributed by atoms with E-state index in [1.165, 1.54) is 6.07 Å². The number of halogens is 1. The highest BCUT2D eigenvalue weighted by Gasteiger charge is 2.25. The van der Waals surface area contributed by atoms with Crippen molar-refractivity contribution in [1.29, 1.82) is 0 Å². The van der Waals surface area contributed by atoms with E-state index in [0.29, 0.717) is 5.92 Å². The Hall–Kier alpha value is -0.540. The summed E-state index contributed by atoms with van der Waals surface area (Å²) in [4.78, 5) is 0. The van der Waals surface area contributed by atoms with Gasteiger partial charge >= 0.3 is 0 Å². The van der Waals surface area contributed by atoms with E-state index in [-0.39, 0.29) is 11.9 Å². The minimum Gasteiger partial charge on any atom is -0.327 e. The van der Waals surface area contributed by atoms with Gasteiger partial charge in [0.05, 0.1) is 0 Å². The van der Waals surface area contributed by atoms with Gasteiger partial charge in [-0.05, 0) is 29.7 Å². The summed E-state index contributed by atoms with van der Waals surface area (Å²) in [6.07, 6.45) is 0.779. The molecule has 3 heteroatoms. The smallest absolute Gasteiger partial charge is 0.126 e. The molecular weight excluding hydrogens is 197 g/mol. The van der Waals surface area contributed by atoms with Crippen molar-refractivity contribution in [3.8, 4) is 0 Å². The molecule has 1 aliphatic rings. The molecule has 1 nitrogen and oxygen atoms in total. The number of hydrogen-bond donors (Lipinski definition) is 1. The second-order valence-electron chi connectivity index (χ2n) is 3.76. The van der Waals surface area contributed by atoms with Crippen LogP contribution in [-0.4, -0.2) is 17.5 Å². The third-order valence-electron chi connectivity index (χ3n) is 2.69. The summed E-state index contributed by atoms with van der Waals surface area (Å²) < 4.78 is 13.3. The first-order valence-corrected chi connectivity index (χ1v) is 5.99. The molecule has 1 aromatic carbocycles. The highest BCUT2D eigenvalue weighted by molar-refractivity contribution is 7.99. The SMILES string of the molecule is NC1CSCC1Cc1ccccc1F. The van der Waals surface area contributed by atoms with Gasteiger partial charge in [0.15, 0.2) is 0 Å². The van der Waals surface area contributed by atoms with Crippen LogP contribution in [0.25, 0.3) is 0 Å². The van der Waals surface area contributed by atoms with Crippen molar-refractivity contribution in [2.45, 2.75) is 12.5 Å². The Morgan fingerprint density at radius 3 is 2.79 bits per heavy atom. The highest BCUT2D eigenvalue weighted by atomic mass is 32.2. The minimum atomic E-state index is -0.100. The summed E-state index contributed by atoms with van der Waals surface area (Å²) in [5, 5.41) is 0. The van der Waals surface area contributed by atoms with E-state index in [1.54, 1.807) is 6.07 Å². The molecule has 0 radical (unpaired) electrons. The van der Waals surface area contributed by atoms with Gasteiger partial charge in [-0.15, -0.1) is 0 Å². The first-order valence-electron chi connectivity index (χ1n) is 4.84. The second-order valence-corrected chi connectivity index (χ2v) is 4.83. The van der Waals surface area contributed by atoms with Gasteiger partial charge in [-0.2, -0.15) is 11.8 Å². The molecule has 0 aliphatic carbocycles. The van der Waals surface area contributed by atoms with Crippen molar-refractivity contribution in [2.75, 3.05) is 11.5 Å². The molecule has 0 aromatic heterocycles. The molecule has 0 bridgehead atoms. The number of rotatable bonds is 2. The lowest BCUT2D eigenvalue weighted by atomic mass is 9.95. The number of hydrogen-bond acceptors (Lipinski definition) is 2. The van der Waals surface area contributed by atoms with Crippen molar-refractivity contribution in [2.24, 2.45) is 11.7 Å². The highest BCUT2D eigenvalue weighted by Crippen LogP contribution is 2.26. The fraction of sp³-hybridized carbons (Fsp3) is 0.455. The number of benzene rings is 1. The summed E-state index contributed by atoms with van der Waals surface area (Å²) in [6.45, 7) is 0. The molecule has 2 rings (SSSR count). The summed E-state index contributed by atoms with van der Waals surface area (Å²) >= 11 is 1.87. The molecule has 2 unspecified atom stereocenters. The van der Waals surface area contributed by atoms with Crippen LogP contribution in [0.1, 0.15) is 5.56 Å². The normalized spacial score (nSPS) is 26.7. The Kier molecular flexibility index (Phi) is 3.08. The van der Waals surface area contributed by atoms with Crippen LogP contribution in [0, 0.1) is 11.7 Å².